The molecule has 1 fully saturated rings. The number of hydrogen-bond acceptors (Lipinski definition) is 5. The van der Waals surface area contributed by atoms with Gasteiger partial charge in [0.25, 0.3) is 0 Å². The maximum atomic E-state index is 14.0. The van der Waals surface area contributed by atoms with Gasteiger partial charge in [-0.15, -0.1) is 0 Å². The van der Waals surface area contributed by atoms with Crippen LogP contribution in [0.5, 0.6) is 5.75 Å². The van der Waals surface area contributed by atoms with Crippen LogP contribution in [-0.4, -0.2) is 28.5 Å². The van der Waals surface area contributed by atoms with Crippen molar-refractivity contribution in [3.63, 3.8) is 0 Å². The molecule has 0 aromatic heterocycles. The number of Topliss-reactive ketones (excluding diaryl/α,β-unsaturated/α-hetero) is 1. The predicted octanol–water partition coefficient (Wildman–Crippen LogP) is 5.83. The fourth-order valence-corrected chi connectivity index (χ4v) is 7.25. The molecule has 0 saturated carbocycles. The number of halogens is 1. The minimum Gasteiger partial charge on any atom is -0.507 e. The number of phenolic OH excluding ortho intramolecular Hbond substituents is 1. The number of anilines is 1. The van der Waals surface area contributed by atoms with Crippen LogP contribution in [0.15, 0.2) is 95.1 Å². The Labute approximate surface area is 235 Å². The number of nitrogens with zero attached hydrogens (tertiary/aromatic N) is 1. The van der Waals surface area contributed by atoms with Gasteiger partial charge in [0, 0.05) is 33.0 Å². The van der Waals surface area contributed by atoms with Crippen molar-refractivity contribution in [3.8, 4) is 5.75 Å². The number of fused-ring (bicyclic) bond motifs is 4. The number of carbonyl (C=O) groups is 4. The van der Waals surface area contributed by atoms with Crippen molar-refractivity contribution in [3.05, 3.63) is 106 Å². The van der Waals surface area contributed by atoms with Gasteiger partial charge in [-0.05, 0) is 73.0 Å². The lowest BCUT2D eigenvalue weighted by Gasteiger charge is -2.42. The van der Waals surface area contributed by atoms with E-state index < -0.39 is 23.7 Å². The van der Waals surface area contributed by atoms with Crippen molar-refractivity contribution in [1.82, 2.24) is 0 Å². The highest BCUT2D eigenvalue weighted by atomic mass is 35.5. The molecule has 4 aliphatic rings. The Morgan fingerprint density at radius 3 is 2.35 bits per heavy atom. The van der Waals surface area contributed by atoms with Gasteiger partial charge < -0.3 is 5.11 Å². The molecule has 4 unspecified atom stereocenters. The second-order valence-corrected chi connectivity index (χ2v) is 11.4. The first-order valence-electron chi connectivity index (χ1n) is 13.3. The Bertz CT molecular complexity index is 1780. The summed E-state index contributed by atoms with van der Waals surface area (Å²) in [5.74, 6) is -3.06. The Hall–Kier alpha value is -4.29. The zero-order valence-electron chi connectivity index (χ0n) is 21.6. The van der Waals surface area contributed by atoms with E-state index in [4.69, 9.17) is 11.6 Å². The largest absolute Gasteiger partial charge is 0.507 e. The molecular formula is C33H24ClNO5. The molecule has 2 amide bonds. The highest BCUT2D eigenvalue weighted by molar-refractivity contribution is 6.31. The zero-order valence-corrected chi connectivity index (χ0v) is 22.3. The second kappa shape index (κ2) is 8.86. The van der Waals surface area contributed by atoms with Crippen LogP contribution < -0.4 is 4.90 Å². The minimum atomic E-state index is -0.655. The Morgan fingerprint density at radius 2 is 1.60 bits per heavy atom. The number of aromatic hydroxyl groups is 1. The number of amides is 2. The van der Waals surface area contributed by atoms with Crippen molar-refractivity contribution in [2.75, 3.05) is 4.90 Å². The number of rotatable bonds is 2. The van der Waals surface area contributed by atoms with Crippen LogP contribution in [0.25, 0.3) is 10.8 Å². The molecule has 0 spiro atoms. The maximum Gasteiger partial charge on any atom is 0.238 e. The molecule has 7 heteroatoms. The summed E-state index contributed by atoms with van der Waals surface area (Å²) in [6.45, 7) is 1.65. The molecule has 1 heterocycles. The number of carbonyl (C=O) groups excluding carboxylic acids is 4. The molecule has 0 radical (unpaired) electrons. The zero-order chi connectivity index (χ0) is 27.9. The monoisotopic (exact) mass is 549 g/mol. The number of benzene rings is 3. The van der Waals surface area contributed by atoms with E-state index in [-0.39, 0.29) is 35.6 Å². The third-order valence-corrected chi connectivity index (χ3v) is 9.15. The summed E-state index contributed by atoms with van der Waals surface area (Å²) in [4.78, 5) is 55.9. The highest BCUT2D eigenvalue weighted by Crippen LogP contribution is 2.56. The second-order valence-electron chi connectivity index (χ2n) is 10.9. The van der Waals surface area contributed by atoms with Gasteiger partial charge in [-0.25, -0.2) is 0 Å². The Morgan fingerprint density at radius 1 is 0.875 bits per heavy atom. The summed E-state index contributed by atoms with van der Waals surface area (Å²) in [7, 11) is 0. The number of allylic oxidation sites excluding steroid dienone is 6. The fourth-order valence-electron chi connectivity index (χ4n) is 7.12. The molecule has 1 N–H and O–H groups in total. The number of hydrogen-bond donors (Lipinski definition) is 1. The summed E-state index contributed by atoms with van der Waals surface area (Å²) in [6.07, 6.45) is 3.96. The highest BCUT2D eigenvalue weighted by Gasteiger charge is 2.56. The van der Waals surface area contributed by atoms with Gasteiger partial charge in [0.05, 0.1) is 17.5 Å². The molecule has 1 aliphatic heterocycles. The molecule has 6 nitrogen and oxygen atoms in total. The first kappa shape index (κ1) is 24.7. The van der Waals surface area contributed by atoms with Crippen LogP contribution in [0.3, 0.4) is 0 Å². The molecule has 3 aliphatic carbocycles. The van der Waals surface area contributed by atoms with Gasteiger partial charge in [-0.3, -0.25) is 24.1 Å². The SMILES string of the molecule is CC1=CC(=O)C2=C(C1=O)C(c1ccc(O)c3ccccc13)C1=CCC3C(=O)N(c4ccc(Cl)cc4)C(=O)C3C1C2. The van der Waals surface area contributed by atoms with Crippen molar-refractivity contribution in [2.45, 2.75) is 25.7 Å². The van der Waals surface area contributed by atoms with Gasteiger partial charge in [0.2, 0.25) is 11.8 Å². The van der Waals surface area contributed by atoms with E-state index in [0.717, 1.165) is 16.5 Å². The summed E-state index contributed by atoms with van der Waals surface area (Å²) in [5.41, 5.74) is 3.36. The maximum absolute atomic E-state index is 14.0. The van der Waals surface area contributed by atoms with E-state index in [1.165, 1.54) is 11.0 Å². The van der Waals surface area contributed by atoms with Crippen LogP contribution in [0, 0.1) is 17.8 Å². The average Bonchev–Trinajstić information content (AvgIpc) is 3.21. The van der Waals surface area contributed by atoms with E-state index in [1.54, 1.807) is 43.3 Å². The number of imide groups is 1. The minimum absolute atomic E-state index is 0.121. The molecule has 4 atom stereocenters. The third-order valence-electron chi connectivity index (χ3n) is 8.90. The average molecular weight is 550 g/mol. The standard InChI is InChI=1S/C33H24ClNO5/c1-16-14-27(37)25-15-24-22(10-11-23-29(24)33(40)35(32(23)39)18-8-6-17(34)7-9-18)28(30(25)31(16)38)21-12-13-26(36)20-5-3-2-4-19(20)21/h2-10,12-14,23-24,28-29,36H,11,15H2,1H3. The van der Waals surface area contributed by atoms with E-state index in [1.807, 2.05) is 30.3 Å². The smallest absolute Gasteiger partial charge is 0.238 e. The number of phenols is 1. The van der Waals surface area contributed by atoms with Crippen molar-refractivity contribution < 1.29 is 24.3 Å². The summed E-state index contributed by atoms with van der Waals surface area (Å²) in [6, 6.07) is 17.4. The van der Waals surface area contributed by atoms with Gasteiger partial charge in [0.15, 0.2) is 11.6 Å². The Balaban J connectivity index is 1.41. The van der Waals surface area contributed by atoms with Crippen LogP contribution in [0.4, 0.5) is 5.69 Å². The number of ketones is 2. The van der Waals surface area contributed by atoms with E-state index in [0.29, 0.717) is 39.2 Å². The van der Waals surface area contributed by atoms with Crippen LogP contribution in [0.1, 0.15) is 31.2 Å². The lowest BCUT2D eigenvalue weighted by atomic mass is 9.59. The van der Waals surface area contributed by atoms with Gasteiger partial charge in [-0.2, -0.15) is 0 Å². The third kappa shape index (κ3) is 3.42. The molecular weight excluding hydrogens is 526 g/mol. The molecule has 198 valence electrons. The predicted molar refractivity (Wildman–Crippen MR) is 151 cm³/mol. The quantitative estimate of drug-likeness (QED) is 0.246. The first-order chi connectivity index (χ1) is 19.3. The normalized spacial score (nSPS) is 26.0. The van der Waals surface area contributed by atoms with Crippen molar-refractivity contribution in [2.24, 2.45) is 17.8 Å². The van der Waals surface area contributed by atoms with E-state index in [2.05, 4.69) is 0 Å². The molecule has 3 aromatic carbocycles. The van der Waals surface area contributed by atoms with Gasteiger partial charge in [-0.1, -0.05) is 53.6 Å². The molecule has 7 rings (SSSR count). The topological polar surface area (TPSA) is 91.8 Å². The molecule has 1 saturated heterocycles. The molecule has 3 aromatic rings. The van der Waals surface area contributed by atoms with E-state index in [9.17, 15) is 24.3 Å². The summed E-state index contributed by atoms with van der Waals surface area (Å²) < 4.78 is 0. The van der Waals surface area contributed by atoms with Crippen LogP contribution in [0.2, 0.25) is 5.02 Å². The van der Waals surface area contributed by atoms with Crippen LogP contribution in [-0.2, 0) is 19.2 Å². The van der Waals surface area contributed by atoms with Gasteiger partial charge >= 0.3 is 0 Å². The van der Waals surface area contributed by atoms with E-state index >= 15 is 0 Å². The van der Waals surface area contributed by atoms with Gasteiger partial charge in [0.1, 0.15) is 5.75 Å². The summed E-state index contributed by atoms with van der Waals surface area (Å²) in [5, 5.41) is 12.5. The lowest BCUT2D eigenvalue weighted by Crippen LogP contribution is -2.39. The van der Waals surface area contributed by atoms with Crippen molar-refractivity contribution in [1.29, 1.82) is 0 Å². The summed E-state index contributed by atoms with van der Waals surface area (Å²) >= 11 is 6.05. The lowest BCUT2D eigenvalue weighted by molar-refractivity contribution is -0.123. The molecule has 40 heavy (non-hydrogen) atoms. The molecule has 0 bridgehead atoms. The fraction of sp³-hybridized carbons (Fsp3) is 0.212. The van der Waals surface area contributed by atoms with Crippen LogP contribution >= 0.6 is 11.6 Å². The first-order valence-corrected chi connectivity index (χ1v) is 13.7. The Kier molecular flexibility index (Phi) is 5.48. The van der Waals surface area contributed by atoms with Crippen molar-refractivity contribution >= 4 is 51.4 Å².